The van der Waals surface area contributed by atoms with Crippen molar-refractivity contribution in [3.8, 4) is 0 Å². The van der Waals surface area contributed by atoms with Crippen molar-refractivity contribution in [3.05, 3.63) is 24.3 Å². The van der Waals surface area contributed by atoms with Crippen molar-refractivity contribution in [2.45, 2.75) is 76.3 Å². The van der Waals surface area contributed by atoms with Gasteiger partial charge in [-0.25, -0.2) is 0 Å². The lowest BCUT2D eigenvalue weighted by atomic mass is 9.74. The average Bonchev–Trinajstić information content (AvgIpc) is 3.44. The van der Waals surface area contributed by atoms with Crippen LogP contribution in [-0.4, -0.2) is 94.2 Å². The fraction of sp³-hybridized carbons (Fsp3) is 0.692. The third-order valence-corrected chi connectivity index (χ3v) is 7.41. The molecule has 36 heavy (non-hydrogen) atoms. The fourth-order valence-electron chi connectivity index (χ4n) is 5.72. The lowest BCUT2D eigenvalue weighted by molar-refractivity contribution is -0.158. The molecule has 4 aliphatic heterocycles. The van der Waals surface area contributed by atoms with Crippen LogP contribution in [0.25, 0.3) is 0 Å². The van der Waals surface area contributed by atoms with Crippen molar-refractivity contribution >= 4 is 23.7 Å². The smallest absolute Gasteiger partial charge is 0.313 e. The Morgan fingerprint density at radius 2 is 1.92 bits per heavy atom. The number of cyclic esters (lactones) is 1. The van der Waals surface area contributed by atoms with Gasteiger partial charge in [-0.2, -0.15) is 0 Å². The van der Waals surface area contributed by atoms with E-state index in [0.717, 1.165) is 0 Å². The van der Waals surface area contributed by atoms with Crippen LogP contribution in [0.3, 0.4) is 0 Å². The second-order valence-corrected chi connectivity index (χ2v) is 11.0. The molecule has 0 unspecified atom stereocenters. The van der Waals surface area contributed by atoms with Crippen molar-refractivity contribution in [3.63, 3.8) is 0 Å². The van der Waals surface area contributed by atoms with Crippen molar-refractivity contribution in [2.24, 2.45) is 11.8 Å². The van der Waals surface area contributed by atoms with Crippen LogP contribution in [0.4, 0.5) is 0 Å². The molecule has 198 valence electrons. The Kier molecular flexibility index (Phi) is 7.30. The van der Waals surface area contributed by atoms with Gasteiger partial charge in [0.05, 0.1) is 18.6 Å². The SMILES string of the molecule is C[C@@H]1CNC(=O)CC/C=C\CN(C(C)(C)C)C(=O)[C@@H]2N(CCCO)C(=O)[C@H]3[C@H](C(=O)O1)[C@@H]1C=C[C@]23O1. The molecule has 10 heteroatoms. The number of aliphatic hydroxyl groups is 1. The number of aliphatic hydroxyl groups excluding tert-OH is 1. The molecule has 1 spiro atoms. The van der Waals surface area contributed by atoms with Crippen LogP contribution in [0.5, 0.6) is 0 Å². The Hall–Kier alpha value is -2.72. The van der Waals surface area contributed by atoms with Crippen LogP contribution in [0.15, 0.2) is 24.3 Å². The van der Waals surface area contributed by atoms with Gasteiger partial charge in [0.2, 0.25) is 17.7 Å². The van der Waals surface area contributed by atoms with Gasteiger partial charge < -0.3 is 29.7 Å². The van der Waals surface area contributed by atoms with E-state index in [1.165, 1.54) is 4.90 Å². The topological polar surface area (TPSA) is 125 Å². The van der Waals surface area contributed by atoms with Gasteiger partial charge >= 0.3 is 5.97 Å². The third kappa shape index (κ3) is 4.56. The maximum atomic E-state index is 14.2. The van der Waals surface area contributed by atoms with Gasteiger partial charge in [-0.3, -0.25) is 19.2 Å². The molecule has 0 aromatic rings. The molecule has 0 aromatic heterocycles. The summed E-state index contributed by atoms with van der Waals surface area (Å²) >= 11 is 0. The number of allylic oxidation sites excluding steroid dienone is 1. The van der Waals surface area contributed by atoms with E-state index < -0.39 is 47.2 Å². The number of hydrogen-bond acceptors (Lipinski definition) is 7. The predicted octanol–water partition coefficient (Wildman–Crippen LogP) is 0.544. The average molecular weight is 504 g/mol. The molecule has 3 amide bonds. The van der Waals surface area contributed by atoms with Crippen molar-refractivity contribution in [1.82, 2.24) is 15.1 Å². The molecular formula is C26H37N3O7. The molecule has 6 atom stereocenters. The molecule has 0 aromatic carbocycles. The van der Waals surface area contributed by atoms with Gasteiger partial charge in [-0.15, -0.1) is 0 Å². The molecule has 4 rings (SSSR count). The Morgan fingerprint density at radius 3 is 2.61 bits per heavy atom. The van der Waals surface area contributed by atoms with Gasteiger partial charge in [-0.05, 0) is 40.5 Å². The van der Waals surface area contributed by atoms with Crippen LogP contribution >= 0.6 is 0 Å². The monoisotopic (exact) mass is 503 g/mol. The van der Waals surface area contributed by atoms with Gasteiger partial charge in [0.15, 0.2) is 0 Å². The summed E-state index contributed by atoms with van der Waals surface area (Å²) in [4.78, 5) is 56.6. The zero-order valence-corrected chi connectivity index (χ0v) is 21.4. The van der Waals surface area contributed by atoms with Gasteiger partial charge in [-0.1, -0.05) is 24.3 Å². The summed E-state index contributed by atoms with van der Waals surface area (Å²) < 4.78 is 12.0. The minimum atomic E-state index is -1.28. The zero-order chi connectivity index (χ0) is 26.3. The second-order valence-electron chi connectivity index (χ2n) is 11.0. The molecular weight excluding hydrogens is 466 g/mol. The van der Waals surface area contributed by atoms with Crippen LogP contribution in [0.1, 0.15) is 47.0 Å². The Morgan fingerprint density at radius 1 is 1.17 bits per heavy atom. The van der Waals surface area contributed by atoms with Crippen LogP contribution in [-0.2, 0) is 28.7 Å². The van der Waals surface area contributed by atoms with E-state index in [9.17, 15) is 24.3 Å². The number of esters is 1. The number of rotatable bonds is 3. The molecule has 0 radical (unpaired) electrons. The molecule has 2 fully saturated rings. The number of fused-ring (bicyclic) bond motifs is 2. The molecule has 0 saturated carbocycles. The molecule has 4 aliphatic rings. The van der Waals surface area contributed by atoms with E-state index in [1.54, 1.807) is 24.0 Å². The van der Waals surface area contributed by atoms with Gasteiger partial charge in [0, 0.05) is 31.7 Å². The second kappa shape index (κ2) is 9.97. The summed E-state index contributed by atoms with van der Waals surface area (Å²) in [6.07, 6.45) is 7.04. The lowest BCUT2D eigenvalue weighted by Gasteiger charge is -2.41. The molecule has 2 saturated heterocycles. The minimum absolute atomic E-state index is 0.137. The largest absolute Gasteiger partial charge is 0.460 e. The van der Waals surface area contributed by atoms with E-state index in [0.29, 0.717) is 19.4 Å². The summed E-state index contributed by atoms with van der Waals surface area (Å²) in [6, 6.07) is -0.968. The maximum Gasteiger partial charge on any atom is 0.313 e. The molecule has 4 heterocycles. The first-order valence-electron chi connectivity index (χ1n) is 12.7. The quantitative estimate of drug-likeness (QED) is 0.425. The minimum Gasteiger partial charge on any atom is -0.460 e. The summed E-state index contributed by atoms with van der Waals surface area (Å²) in [7, 11) is 0. The highest BCUT2D eigenvalue weighted by molar-refractivity contribution is 5.99. The van der Waals surface area contributed by atoms with Crippen molar-refractivity contribution in [2.75, 3.05) is 26.2 Å². The van der Waals surface area contributed by atoms with Crippen LogP contribution in [0.2, 0.25) is 0 Å². The molecule has 2 N–H and O–H groups in total. The highest BCUT2D eigenvalue weighted by atomic mass is 16.6. The number of hydrogen-bond donors (Lipinski definition) is 2. The van der Waals surface area contributed by atoms with Crippen molar-refractivity contribution in [1.29, 1.82) is 0 Å². The number of carbonyl (C=O) groups excluding carboxylic acids is 4. The van der Waals surface area contributed by atoms with Gasteiger partial charge in [0.25, 0.3) is 0 Å². The van der Waals surface area contributed by atoms with Crippen LogP contribution < -0.4 is 5.32 Å². The predicted molar refractivity (Wildman–Crippen MR) is 129 cm³/mol. The number of carbonyl (C=O) groups is 4. The molecule has 0 aliphatic carbocycles. The first kappa shape index (κ1) is 26.3. The summed E-state index contributed by atoms with van der Waals surface area (Å²) in [5.41, 5.74) is -1.85. The number of nitrogens with one attached hydrogen (secondary N) is 1. The normalized spacial score (nSPS) is 36.2. The van der Waals surface area contributed by atoms with E-state index in [1.807, 2.05) is 32.9 Å². The van der Waals surface area contributed by atoms with Crippen LogP contribution in [0, 0.1) is 11.8 Å². The first-order valence-corrected chi connectivity index (χ1v) is 12.7. The Labute approximate surface area is 211 Å². The molecule has 5 bridgehead atoms. The number of amides is 3. The number of likely N-dealkylation sites (tertiary alicyclic amines) is 1. The zero-order valence-electron chi connectivity index (χ0n) is 21.4. The Balaban J connectivity index is 1.77. The summed E-state index contributed by atoms with van der Waals surface area (Å²) in [5, 5.41) is 12.3. The van der Waals surface area contributed by atoms with E-state index in [4.69, 9.17) is 9.47 Å². The third-order valence-electron chi connectivity index (χ3n) is 7.41. The number of nitrogens with zero attached hydrogens (tertiary/aromatic N) is 2. The maximum absolute atomic E-state index is 14.2. The number of ether oxygens (including phenoxy) is 2. The van der Waals surface area contributed by atoms with Crippen molar-refractivity contribution < 1.29 is 33.8 Å². The Bertz CT molecular complexity index is 971. The highest BCUT2D eigenvalue weighted by Crippen LogP contribution is 2.55. The van der Waals surface area contributed by atoms with E-state index in [2.05, 4.69) is 5.32 Å². The molecule has 10 nitrogen and oxygen atoms in total. The van der Waals surface area contributed by atoms with E-state index >= 15 is 0 Å². The summed E-state index contributed by atoms with van der Waals surface area (Å²) in [5.74, 6) is -3.16. The summed E-state index contributed by atoms with van der Waals surface area (Å²) in [6.45, 7) is 7.93. The van der Waals surface area contributed by atoms with Gasteiger partial charge in [0.1, 0.15) is 23.7 Å². The standard InChI is InChI=1S/C26H37N3O7/c1-16-15-27-18(31)9-6-5-7-13-29(25(2,3)4)23(33)21-26-11-10-17(36-26)19(24(34)35-16)20(26)22(32)28(21)12-8-14-30/h5,7,10-11,16-17,19-21,30H,6,8-9,12-15H2,1-4H3,(H,27,31)/b7-5-/t16-,17+,19-,20-,21+,26-/m1/s1. The highest BCUT2D eigenvalue weighted by Gasteiger charge is 2.73. The van der Waals surface area contributed by atoms with E-state index in [-0.39, 0.29) is 43.8 Å². The fourth-order valence-corrected chi connectivity index (χ4v) is 5.72. The lowest BCUT2D eigenvalue weighted by Crippen LogP contribution is -2.59. The first-order chi connectivity index (χ1) is 17.0.